The fourth-order valence-corrected chi connectivity index (χ4v) is 2.81. The number of non-ortho nitro benzene ring substituents is 1. The van der Waals surface area contributed by atoms with Crippen LogP contribution in [0.2, 0.25) is 0 Å². The molecule has 33 heavy (non-hydrogen) atoms. The topological polar surface area (TPSA) is 160 Å². The second kappa shape index (κ2) is 9.92. The number of allylic oxidation sites excluding steroid dienone is 1. The van der Waals surface area contributed by atoms with Gasteiger partial charge in [-0.2, -0.15) is 0 Å². The van der Waals surface area contributed by atoms with Crippen LogP contribution in [0.5, 0.6) is 0 Å². The number of nitro benzene ring substituents is 2. The monoisotopic (exact) mass is 447 g/mol. The summed E-state index contributed by atoms with van der Waals surface area (Å²) in [5.74, 6) is -1.32. The fourth-order valence-electron chi connectivity index (χ4n) is 2.81. The molecule has 0 bridgehead atoms. The van der Waals surface area contributed by atoms with E-state index in [4.69, 9.17) is 0 Å². The Kier molecular flexibility index (Phi) is 6.84. The Labute approximate surface area is 187 Å². The molecule has 0 aliphatic heterocycles. The molecule has 0 radical (unpaired) electrons. The van der Waals surface area contributed by atoms with Crippen molar-refractivity contribution in [3.63, 3.8) is 0 Å². The van der Waals surface area contributed by atoms with E-state index in [0.29, 0.717) is 5.56 Å². The Morgan fingerprint density at radius 1 is 0.909 bits per heavy atom. The average molecular weight is 447 g/mol. The minimum atomic E-state index is -0.851. The number of hydrogen-bond donors (Lipinski definition) is 2. The van der Waals surface area contributed by atoms with E-state index in [2.05, 4.69) is 15.5 Å². The van der Waals surface area contributed by atoms with Gasteiger partial charge in [0.2, 0.25) is 0 Å². The Morgan fingerprint density at radius 2 is 1.58 bits per heavy atom. The van der Waals surface area contributed by atoms with Crippen molar-refractivity contribution in [1.82, 2.24) is 0 Å². The molecule has 2 N–H and O–H groups in total. The zero-order chi connectivity index (χ0) is 24.0. The van der Waals surface area contributed by atoms with E-state index in [0.717, 1.165) is 5.56 Å². The third-order valence-electron chi connectivity index (χ3n) is 4.43. The first kappa shape index (κ1) is 22.7. The summed E-state index contributed by atoms with van der Waals surface area (Å²) in [4.78, 5) is 33.6. The molecule has 11 heteroatoms. The predicted molar refractivity (Wildman–Crippen MR) is 120 cm³/mol. The van der Waals surface area contributed by atoms with Gasteiger partial charge in [0, 0.05) is 23.9 Å². The number of nitrogens with zero attached hydrogens (tertiary/aromatic N) is 4. The van der Waals surface area contributed by atoms with Crippen molar-refractivity contribution in [2.75, 3.05) is 5.32 Å². The Bertz CT molecular complexity index is 1270. The highest BCUT2D eigenvalue weighted by molar-refractivity contribution is 6.03. The maximum absolute atomic E-state index is 12.5. The number of carbonyl (C=O) groups is 1. The van der Waals surface area contributed by atoms with Gasteiger partial charge in [0.05, 0.1) is 9.85 Å². The Hall–Kier alpha value is -4.93. The fraction of sp³-hybridized carbons (Fsp3) is 0.0455. The van der Waals surface area contributed by atoms with Gasteiger partial charge in [0.1, 0.15) is 5.76 Å². The molecule has 11 nitrogen and oxygen atoms in total. The number of amides is 1. The molecule has 0 aliphatic carbocycles. The first-order chi connectivity index (χ1) is 15.8. The van der Waals surface area contributed by atoms with Gasteiger partial charge in [-0.15, -0.1) is 10.2 Å². The lowest BCUT2D eigenvalue weighted by Crippen LogP contribution is -2.14. The molecule has 3 aromatic rings. The number of hydrogen-bond acceptors (Lipinski definition) is 8. The van der Waals surface area contributed by atoms with Crippen molar-refractivity contribution in [3.8, 4) is 11.1 Å². The van der Waals surface area contributed by atoms with Crippen LogP contribution in [0, 0.1) is 20.2 Å². The number of aliphatic hydroxyl groups excluding tert-OH is 1. The summed E-state index contributed by atoms with van der Waals surface area (Å²) in [5, 5.41) is 42.1. The van der Waals surface area contributed by atoms with Gasteiger partial charge in [0.15, 0.2) is 11.4 Å². The van der Waals surface area contributed by atoms with E-state index in [-0.39, 0.29) is 22.7 Å². The van der Waals surface area contributed by atoms with Crippen LogP contribution in [0.4, 0.5) is 22.7 Å². The van der Waals surface area contributed by atoms with Crippen LogP contribution in [-0.4, -0.2) is 20.9 Å². The molecule has 166 valence electrons. The van der Waals surface area contributed by atoms with E-state index < -0.39 is 27.2 Å². The molecule has 0 aliphatic rings. The Morgan fingerprint density at radius 3 is 2.15 bits per heavy atom. The summed E-state index contributed by atoms with van der Waals surface area (Å²) in [6.45, 7) is 1.21. The van der Waals surface area contributed by atoms with Crippen molar-refractivity contribution < 1.29 is 19.7 Å². The molecule has 3 rings (SSSR count). The third kappa shape index (κ3) is 5.61. The molecule has 0 saturated carbocycles. The third-order valence-corrected chi connectivity index (χ3v) is 4.43. The van der Waals surface area contributed by atoms with Crippen LogP contribution in [-0.2, 0) is 4.79 Å². The highest BCUT2D eigenvalue weighted by Crippen LogP contribution is 2.33. The van der Waals surface area contributed by atoms with Crippen molar-refractivity contribution in [1.29, 1.82) is 0 Å². The molecule has 0 saturated heterocycles. The standard InChI is InChI=1S/C22H17N5O6/c1-14(28)21(22(29)23-17-8-10-18(11-9-17)26(30)31)25-24-19-12-7-16(13-20(19)27(32)33)15-5-3-2-4-6-15/h2-13,28H,1H3,(H,23,29). The van der Waals surface area contributed by atoms with Crippen molar-refractivity contribution in [3.05, 3.63) is 104 Å². The molecule has 1 amide bonds. The lowest BCUT2D eigenvalue weighted by atomic mass is 10.0. The maximum atomic E-state index is 12.5. The van der Waals surface area contributed by atoms with Crippen LogP contribution in [0.1, 0.15) is 6.92 Å². The highest BCUT2D eigenvalue weighted by Gasteiger charge is 2.18. The summed E-state index contributed by atoms with van der Waals surface area (Å²) < 4.78 is 0. The van der Waals surface area contributed by atoms with E-state index in [1.54, 1.807) is 30.3 Å². The molecule has 0 unspecified atom stereocenters. The molecule has 0 aromatic heterocycles. The quantitative estimate of drug-likeness (QED) is 0.156. The van der Waals surface area contributed by atoms with Crippen LogP contribution >= 0.6 is 0 Å². The number of rotatable bonds is 7. The smallest absolute Gasteiger partial charge is 0.297 e. The van der Waals surface area contributed by atoms with Crippen LogP contribution in [0.15, 0.2) is 94.5 Å². The lowest BCUT2D eigenvalue weighted by Gasteiger charge is -2.06. The summed E-state index contributed by atoms with van der Waals surface area (Å²) >= 11 is 0. The predicted octanol–water partition coefficient (Wildman–Crippen LogP) is 5.68. The van der Waals surface area contributed by atoms with Gasteiger partial charge in [-0.1, -0.05) is 36.4 Å². The van der Waals surface area contributed by atoms with Gasteiger partial charge in [0.25, 0.3) is 17.3 Å². The molecule has 0 atom stereocenters. The summed E-state index contributed by atoms with van der Waals surface area (Å²) in [6, 6.07) is 18.4. The number of aliphatic hydroxyl groups is 1. The van der Waals surface area contributed by atoms with Crippen molar-refractivity contribution in [2.45, 2.75) is 6.92 Å². The van der Waals surface area contributed by atoms with Crippen LogP contribution in [0.25, 0.3) is 11.1 Å². The molecular weight excluding hydrogens is 430 g/mol. The van der Waals surface area contributed by atoms with Gasteiger partial charge in [-0.05, 0) is 36.2 Å². The highest BCUT2D eigenvalue weighted by atomic mass is 16.6. The summed E-state index contributed by atoms with van der Waals surface area (Å²) in [7, 11) is 0. The average Bonchev–Trinajstić information content (AvgIpc) is 2.80. The summed E-state index contributed by atoms with van der Waals surface area (Å²) in [6.07, 6.45) is 0. The number of nitro groups is 2. The molecule has 0 fully saturated rings. The molecule has 0 heterocycles. The number of carbonyl (C=O) groups excluding carboxylic acids is 1. The zero-order valence-corrected chi connectivity index (χ0v) is 17.2. The van der Waals surface area contributed by atoms with Crippen LogP contribution < -0.4 is 5.32 Å². The van der Waals surface area contributed by atoms with E-state index in [1.807, 2.05) is 6.07 Å². The molecule has 0 spiro atoms. The first-order valence-electron chi connectivity index (χ1n) is 9.47. The first-order valence-corrected chi connectivity index (χ1v) is 9.47. The van der Waals surface area contributed by atoms with Crippen molar-refractivity contribution >= 4 is 28.7 Å². The Balaban J connectivity index is 1.86. The van der Waals surface area contributed by atoms with Gasteiger partial charge >= 0.3 is 0 Å². The number of anilines is 1. The normalized spacial score (nSPS) is 11.7. The number of benzene rings is 3. The van der Waals surface area contributed by atoms with Crippen molar-refractivity contribution in [2.24, 2.45) is 10.2 Å². The van der Waals surface area contributed by atoms with Crippen LogP contribution in [0.3, 0.4) is 0 Å². The van der Waals surface area contributed by atoms with Gasteiger partial charge in [-0.25, -0.2) is 0 Å². The second-order valence-corrected chi connectivity index (χ2v) is 6.72. The second-order valence-electron chi connectivity index (χ2n) is 6.72. The minimum Gasteiger partial charge on any atom is -0.510 e. The SMILES string of the molecule is CC(O)=C(N=Nc1ccc(-c2ccccc2)cc1[N+](=O)[O-])C(=O)Nc1ccc([N+](=O)[O-])cc1. The lowest BCUT2D eigenvalue weighted by molar-refractivity contribution is -0.384. The van der Waals surface area contributed by atoms with E-state index >= 15 is 0 Å². The zero-order valence-electron chi connectivity index (χ0n) is 17.2. The number of azo groups is 1. The summed E-state index contributed by atoms with van der Waals surface area (Å²) in [5.41, 5.74) is 0.526. The minimum absolute atomic E-state index is 0.110. The largest absolute Gasteiger partial charge is 0.510 e. The van der Waals surface area contributed by atoms with E-state index in [1.165, 1.54) is 43.3 Å². The van der Waals surface area contributed by atoms with Gasteiger partial charge < -0.3 is 10.4 Å². The van der Waals surface area contributed by atoms with E-state index in [9.17, 15) is 30.1 Å². The van der Waals surface area contributed by atoms with Gasteiger partial charge in [-0.3, -0.25) is 25.0 Å². The number of nitrogens with one attached hydrogen (secondary N) is 1. The molecule has 3 aromatic carbocycles. The maximum Gasteiger partial charge on any atom is 0.297 e. The molecular formula is C22H17N5O6.